The first-order chi connectivity index (χ1) is 8.67. The summed E-state index contributed by atoms with van der Waals surface area (Å²) in [6.45, 7) is 2.12. The molecule has 0 unspecified atom stereocenters. The van der Waals surface area contributed by atoms with Gasteiger partial charge in [-0.2, -0.15) is 5.10 Å². The lowest BCUT2D eigenvalue weighted by molar-refractivity contribution is 0.325. The first-order valence-electron chi connectivity index (χ1n) is 6.83. The fraction of sp³-hybridized carbons (Fsp3) is 0.786. The SMILES string of the molecule is CC(CCl)(CCl)Cc1ccn(C2CCCCC2)n1. The predicted octanol–water partition coefficient (Wildman–Crippen LogP) is 4.41. The van der Waals surface area contributed by atoms with Gasteiger partial charge in [0.15, 0.2) is 0 Å². The molecule has 1 aliphatic rings. The van der Waals surface area contributed by atoms with E-state index in [9.17, 15) is 0 Å². The Kier molecular flexibility index (Phi) is 4.97. The molecule has 4 heteroatoms. The van der Waals surface area contributed by atoms with Crippen molar-refractivity contribution in [3.8, 4) is 0 Å². The molecule has 0 atom stereocenters. The summed E-state index contributed by atoms with van der Waals surface area (Å²) in [7, 11) is 0. The van der Waals surface area contributed by atoms with Gasteiger partial charge in [0, 0.05) is 23.4 Å². The number of hydrogen-bond acceptors (Lipinski definition) is 1. The third-order valence-electron chi connectivity index (χ3n) is 3.87. The van der Waals surface area contributed by atoms with Crippen molar-refractivity contribution in [1.29, 1.82) is 0 Å². The van der Waals surface area contributed by atoms with Gasteiger partial charge in [0.2, 0.25) is 0 Å². The molecule has 1 aromatic heterocycles. The van der Waals surface area contributed by atoms with E-state index in [2.05, 4.69) is 23.9 Å². The minimum atomic E-state index is -0.0468. The third kappa shape index (κ3) is 3.42. The molecule has 2 rings (SSSR count). The lowest BCUT2D eigenvalue weighted by atomic mass is 9.90. The molecule has 1 heterocycles. The van der Waals surface area contributed by atoms with Gasteiger partial charge >= 0.3 is 0 Å². The van der Waals surface area contributed by atoms with Gasteiger partial charge in [-0.25, -0.2) is 0 Å². The molecule has 1 aliphatic carbocycles. The smallest absolute Gasteiger partial charge is 0.0631 e. The zero-order valence-corrected chi connectivity index (χ0v) is 12.6. The topological polar surface area (TPSA) is 17.8 Å². The van der Waals surface area contributed by atoms with Crippen molar-refractivity contribution in [2.75, 3.05) is 11.8 Å². The minimum absolute atomic E-state index is 0.0468. The molecule has 0 aromatic carbocycles. The molecule has 0 saturated heterocycles. The van der Waals surface area contributed by atoms with E-state index >= 15 is 0 Å². The van der Waals surface area contributed by atoms with Crippen molar-refractivity contribution in [1.82, 2.24) is 9.78 Å². The van der Waals surface area contributed by atoms with Crippen LogP contribution in [0, 0.1) is 5.41 Å². The zero-order valence-electron chi connectivity index (χ0n) is 11.0. The normalized spacial score (nSPS) is 18.2. The number of alkyl halides is 2. The van der Waals surface area contributed by atoms with E-state index in [4.69, 9.17) is 28.3 Å². The highest BCUT2D eigenvalue weighted by atomic mass is 35.5. The van der Waals surface area contributed by atoms with Crippen molar-refractivity contribution in [2.24, 2.45) is 5.41 Å². The molecule has 0 N–H and O–H groups in total. The quantitative estimate of drug-likeness (QED) is 0.734. The second-order valence-corrected chi connectivity index (χ2v) is 6.37. The van der Waals surface area contributed by atoms with E-state index in [-0.39, 0.29) is 5.41 Å². The molecule has 0 radical (unpaired) electrons. The van der Waals surface area contributed by atoms with E-state index in [1.807, 2.05) is 0 Å². The Balaban J connectivity index is 2.01. The molecular weight excluding hydrogens is 267 g/mol. The molecule has 0 amide bonds. The summed E-state index contributed by atoms with van der Waals surface area (Å²) in [5, 5.41) is 4.71. The molecule has 0 bridgehead atoms. The molecule has 0 aliphatic heterocycles. The second kappa shape index (κ2) is 6.29. The number of hydrogen-bond donors (Lipinski definition) is 0. The highest BCUT2D eigenvalue weighted by Crippen LogP contribution is 2.29. The number of rotatable bonds is 5. The summed E-state index contributed by atoms with van der Waals surface area (Å²) in [6, 6.07) is 2.72. The van der Waals surface area contributed by atoms with E-state index in [1.165, 1.54) is 32.1 Å². The Morgan fingerprint density at radius 1 is 1.28 bits per heavy atom. The lowest BCUT2D eigenvalue weighted by Crippen LogP contribution is -2.24. The molecule has 1 aromatic rings. The maximum Gasteiger partial charge on any atom is 0.0631 e. The Hall–Kier alpha value is -0.210. The number of nitrogens with zero attached hydrogens (tertiary/aromatic N) is 2. The van der Waals surface area contributed by atoms with Gasteiger partial charge in [-0.15, -0.1) is 23.2 Å². The van der Waals surface area contributed by atoms with Crippen molar-refractivity contribution >= 4 is 23.2 Å². The Labute approximate surface area is 120 Å². The average molecular weight is 289 g/mol. The second-order valence-electron chi connectivity index (χ2n) is 5.83. The maximum absolute atomic E-state index is 6.00. The van der Waals surface area contributed by atoms with Crippen molar-refractivity contribution in [2.45, 2.75) is 51.5 Å². The molecular formula is C14H22Cl2N2. The molecule has 102 valence electrons. The van der Waals surface area contributed by atoms with Crippen molar-refractivity contribution < 1.29 is 0 Å². The summed E-state index contributed by atoms with van der Waals surface area (Å²) < 4.78 is 2.15. The van der Waals surface area contributed by atoms with Gasteiger partial charge in [0.05, 0.1) is 11.7 Å². The zero-order chi connectivity index (χ0) is 13.0. The molecule has 18 heavy (non-hydrogen) atoms. The van der Waals surface area contributed by atoms with Crippen LogP contribution >= 0.6 is 23.2 Å². The van der Waals surface area contributed by atoms with Crippen molar-refractivity contribution in [3.63, 3.8) is 0 Å². The van der Waals surface area contributed by atoms with Crippen LogP contribution in [0.25, 0.3) is 0 Å². The van der Waals surface area contributed by atoms with Crippen LogP contribution in [0.5, 0.6) is 0 Å². The van der Waals surface area contributed by atoms with Gasteiger partial charge in [-0.1, -0.05) is 26.2 Å². The van der Waals surface area contributed by atoms with E-state index in [0.717, 1.165) is 12.1 Å². The van der Waals surface area contributed by atoms with Crippen LogP contribution in [0.15, 0.2) is 12.3 Å². The van der Waals surface area contributed by atoms with Gasteiger partial charge in [0.1, 0.15) is 0 Å². The first kappa shape index (κ1) is 14.2. The number of aromatic nitrogens is 2. The Bertz CT molecular complexity index is 366. The molecule has 1 fully saturated rings. The average Bonchev–Trinajstić information content (AvgIpc) is 2.88. The van der Waals surface area contributed by atoms with E-state index < -0.39 is 0 Å². The van der Waals surface area contributed by atoms with Crippen LogP contribution in [-0.4, -0.2) is 21.5 Å². The fourth-order valence-electron chi connectivity index (χ4n) is 2.59. The maximum atomic E-state index is 6.00. The van der Waals surface area contributed by atoms with E-state index in [0.29, 0.717) is 17.8 Å². The standard InChI is InChI=1S/C14H22Cl2N2/c1-14(10-15,11-16)9-12-7-8-18(17-12)13-5-3-2-4-6-13/h7-8,13H,2-6,9-11H2,1H3. The van der Waals surface area contributed by atoms with Gasteiger partial charge in [-0.3, -0.25) is 4.68 Å². The third-order valence-corrected chi connectivity index (χ3v) is 5.16. The fourth-order valence-corrected chi connectivity index (χ4v) is 3.06. The largest absolute Gasteiger partial charge is 0.269 e. The monoisotopic (exact) mass is 288 g/mol. The highest BCUT2D eigenvalue weighted by molar-refractivity contribution is 6.21. The van der Waals surface area contributed by atoms with Crippen LogP contribution in [0.1, 0.15) is 50.8 Å². The number of halogens is 2. The minimum Gasteiger partial charge on any atom is -0.269 e. The summed E-state index contributed by atoms with van der Waals surface area (Å²) in [5.41, 5.74) is 1.07. The molecule has 1 saturated carbocycles. The Morgan fingerprint density at radius 3 is 2.56 bits per heavy atom. The first-order valence-corrected chi connectivity index (χ1v) is 7.90. The van der Waals surface area contributed by atoms with E-state index in [1.54, 1.807) is 0 Å². The molecule has 2 nitrogen and oxygen atoms in total. The summed E-state index contributed by atoms with van der Waals surface area (Å²) in [4.78, 5) is 0. The Morgan fingerprint density at radius 2 is 1.94 bits per heavy atom. The van der Waals surface area contributed by atoms with Crippen LogP contribution in [-0.2, 0) is 6.42 Å². The summed E-state index contributed by atoms with van der Waals surface area (Å²) in [6.07, 6.45) is 9.56. The van der Waals surface area contributed by atoms with Gasteiger partial charge < -0.3 is 0 Å². The lowest BCUT2D eigenvalue weighted by Gasteiger charge is -2.23. The predicted molar refractivity (Wildman–Crippen MR) is 77.6 cm³/mol. The van der Waals surface area contributed by atoms with Crippen LogP contribution in [0.4, 0.5) is 0 Å². The van der Waals surface area contributed by atoms with Crippen LogP contribution < -0.4 is 0 Å². The van der Waals surface area contributed by atoms with Crippen LogP contribution in [0.3, 0.4) is 0 Å². The summed E-state index contributed by atoms with van der Waals surface area (Å²) in [5.74, 6) is 1.15. The molecule has 0 spiro atoms. The van der Waals surface area contributed by atoms with Gasteiger partial charge in [-0.05, 0) is 25.3 Å². The highest BCUT2D eigenvalue weighted by Gasteiger charge is 2.24. The summed E-state index contributed by atoms with van der Waals surface area (Å²) >= 11 is 12.0. The van der Waals surface area contributed by atoms with Gasteiger partial charge in [0.25, 0.3) is 0 Å². The van der Waals surface area contributed by atoms with Crippen LogP contribution in [0.2, 0.25) is 0 Å². The van der Waals surface area contributed by atoms with Crippen molar-refractivity contribution in [3.05, 3.63) is 18.0 Å².